The van der Waals surface area contributed by atoms with E-state index in [1.165, 1.54) is 12.1 Å². The summed E-state index contributed by atoms with van der Waals surface area (Å²) in [6.07, 6.45) is 5.84. The predicted octanol–water partition coefficient (Wildman–Crippen LogP) is 2.86. The molecule has 0 amide bonds. The maximum absolute atomic E-state index is 14.1. The molecule has 0 saturated heterocycles. The van der Waals surface area contributed by atoms with Crippen LogP contribution in [0.1, 0.15) is 29.8 Å². The number of rotatable bonds is 3. The van der Waals surface area contributed by atoms with Crippen LogP contribution in [0.5, 0.6) is 0 Å². The molecule has 1 heterocycles. The molecule has 0 N–H and O–H groups in total. The van der Waals surface area contributed by atoms with Gasteiger partial charge in [-0.2, -0.15) is 4.39 Å². The smallest absolute Gasteiger partial charge is 0.305 e. The van der Waals surface area contributed by atoms with Crippen molar-refractivity contribution in [3.8, 4) is 0 Å². The van der Waals surface area contributed by atoms with Gasteiger partial charge in [-0.25, -0.2) is 4.98 Å². The molecule has 0 saturated carbocycles. The Morgan fingerprint density at radius 2 is 2.15 bits per heavy atom. The molecule has 20 heavy (non-hydrogen) atoms. The fourth-order valence-electron chi connectivity index (χ4n) is 2.68. The number of imidazole rings is 1. The van der Waals surface area contributed by atoms with Crippen molar-refractivity contribution in [3.63, 3.8) is 0 Å². The van der Waals surface area contributed by atoms with Crippen LogP contribution in [0.15, 0.2) is 24.5 Å². The second kappa shape index (κ2) is 5.03. The quantitative estimate of drug-likeness (QED) is 0.639. The molecule has 0 radical (unpaired) electrons. The zero-order valence-corrected chi connectivity index (χ0v) is 10.9. The molecule has 0 spiro atoms. The number of halogens is 1. The number of nitrogens with zero attached hydrogens (tertiary/aromatic N) is 3. The Bertz CT molecular complexity index is 666. The predicted molar refractivity (Wildman–Crippen MR) is 71.0 cm³/mol. The van der Waals surface area contributed by atoms with Crippen molar-refractivity contribution in [1.82, 2.24) is 9.55 Å². The standard InChI is InChI=1S/C14H14FN3O2/c15-14-10(4-3-7-13(14)18(19)20)8-17-9-16-11-5-1-2-6-12(11)17/h3-4,7,9H,1-2,5-6,8H2. The first-order chi connectivity index (χ1) is 9.66. The van der Waals surface area contributed by atoms with Crippen LogP contribution in [0.2, 0.25) is 0 Å². The van der Waals surface area contributed by atoms with Crippen LogP contribution in [0.4, 0.5) is 10.1 Å². The molecule has 1 aliphatic rings. The lowest BCUT2D eigenvalue weighted by Crippen LogP contribution is -2.10. The zero-order valence-electron chi connectivity index (χ0n) is 10.9. The topological polar surface area (TPSA) is 61.0 Å². The van der Waals surface area contributed by atoms with E-state index in [-0.39, 0.29) is 6.54 Å². The lowest BCUT2D eigenvalue weighted by molar-refractivity contribution is -0.387. The van der Waals surface area contributed by atoms with Crippen LogP contribution in [-0.4, -0.2) is 14.5 Å². The van der Waals surface area contributed by atoms with Gasteiger partial charge >= 0.3 is 5.69 Å². The summed E-state index contributed by atoms with van der Waals surface area (Å²) in [5, 5.41) is 10.8. The number of hydrogen-bond donors (Lipinski definition) is 0. The van der Waals surface area contributed by atoms with Crippen LogP contribution in [0.3, 0.4) is 0 Å². The monoisotopic (exact) mass is 275 g/mol. The lowest BCUT2D eigenvalue weighted by atomic mass is 10.0. The van der Waals surface area contributed by atoms with Crippen molar-refractivity contribution in [2.45, 2.75) is 32.2 Å². The van der Waals surface area contributed by atoms with Crippen molar-refractivity contribution in [1.29, 1.82) is 0 Å². The third kappa shape index (κ3) is 2.17. The minimum Gasteiger partial charge on any atom is -0.330 e. The number of hydrogen-bond acceptors (Lipinski definition) is 3. The maximum Gasteiger partial charge on any atom is 0.305 e. The second-order valence-electron chi connectivity index (χ2n) is 4.98. The number of aromatic nitrogens is 2. The molecule has 5 nitrogen and oxygen atoms in total. The highest BCUT2D eigenvalue weighted by atomic mass is 19.1. The van der Waals surface area contributed by atoms with Gasteiger partial charge in [0.15, 0.2) is 0 Å². The van der Waals surface area contributed by atoms with Crippen molar-refractivity contribution >= 4 is 5.69 Å². The molecule has 2 aromatic rings. The van der Waals surface area contributed by atoms with Gasteiger partial charge in [-0.05, 0) is 25.7 Å². The average Bonchev–Trinajstić information content (AvgIpc) is 2.84. The molecule has 6 heteroatoms. The van der Waals surface area contributed by atoms with Gasteiger partial charge in [-0.3, -0.25) is 10.1 Å². The van der Waals surface area contributed by atoms with E-state index >= 15 is 0 Å². The zero-order chi connectivity index (χ0) is 14.1. The van der Waals surface area contributed by atoms with Crippen LogP contribution in [0, 0.1) is 15.9 Å². The summed E-state index contributed by atoms with van der Waals surface area (Å²) in [5.74, 6) is -0.754. The summed E-state index contributed by atoms with van der Waals surface area (Å²) >= 11 is 0. The van der Waals surface area contributed by atoms with Gasteiger partial charge in [-0.15, -0.1) is 0 Å². The molecule has 0 atom stereocenters. The normalized spacial score (nSPS) is 14.1. The number of nitro benzene ring substituents is 1. The van der Waals surface area contributed by atoms with E-state index < -0.39 is 16.4 Å². The molecule has 0 fully saturated rings. The van der Waals surface area contributed by atoms with Gasteiger partial charge in [0.05, 0.1) is 23.5 Å². The molecule has 104 valence electrons. The Kier molecular flexibility index (Phi) is 3.22. The van der Waals surface area contributed by atoms with E-state index in [2.05, 4.69) is 4.98 Å². The minimum atomic E-state index is -0.754. The Labute approximate surface area is 115 Å². The summed E-state index contributed by atoms with van der Waals surface area (Å²) in [5.41, 5.74) is 2.05. The number of nitro groups is 1. The van der Waals surface area contributed by atoms with Crippen LogP contribution in [-0.2, 0) is 19.4 Å². The third-order valence-electron chi connectivity index (χ3n) is 3.71. The van der Waals surface area contributed by atoms with Gasteiger partial charge in [0.25, 0.3) is 0 Å². The van der Waals surface area contributed by atoms with Crippen molar-refractivity contribution in [3.05, 3.63) is 57.4 Å². The van der Waals surface area contributed by atoms with Crippen molar-refractivity contribution < 1.29 is 9.31 Å². The van der Waals surface area contributed by atoms with Gasteiger partial charge in [0.2, 0.25) is 5.82 Å². The highest BCUT2D eigenvalue weighted by molar-refractivity contribution is 5.37. The average molecular weight is 275 g/mol. The van der Waals surface area contributed by atoms with E-state index in [9.17, 15) is 14.5 Å². The molecular weight excluding hydrogens is 261 g/mol. The highest BCUT2D eigenvalue weighted by Gasteiger charge is 2.20. The lowest BCUT2D eigenvalue weighted by Gasteiger charge is -2.14. The fourth-order valence-corrected chi connectivity index (χ4v) is 2.68. The summed E-state index contributed by atoms with van der Waals surface area (Å²) in [4.78, 5) is 14.4. The summed E-state index contributed by atoms with van der Waals surface area (Å²) in [6.45, 7) is 0.288. The maximum atomic E-state index is 14.1. The van der Waals surface area contributed by atoms with Crippen LogP contribution < -0.4 is 0 Å². The Balaban J connectivity index is 1.94. The van der Waals surface area contributed by atoms with Gasteiger partial charge in [0.1, 0.15) is 0 Å². The third-order valence-corrected chi connectivity index (χ3v) is 3.71. The van der Waals surface area contributed by atoms with Crippen LogP contribution in [0.25, 0.3) is 0 Å². The molecule has 1 aliphatic carbocycles. The molecule has 3 rings (SSSR count). The van der Waals surface area contributed by atoms with Crippen LogP contribution >= 0.6 is 0 Å². The van der Waals surface area contributed by atoms with Gasteiger partial charge in [-0.1, -0.05) is 12.1 Å². The Morgan fingerprint density at radius 1 is 1.35 bits per heavy atom. The highest BCUT2D eigenvalue weighted by Crippen LogP contribution is 2.24. The molecule has 0 unspecified atom stereocenters. The number of aryl methyl sites for hydroxylation is 1. The molecular formula is C14H14FN3O2. The first-order valence-electron chi connectivity index (χ1n) is 6.61. The Morgan fingerprint density at radius 3 is 2.95 bits per heavy atom. The first-order valence-corrected chi connectivity index (χ1v) is 6.61. The first kappa shape index (κ1) is 12.8. The molecule has 1 aromatic carbocycles. The second-order valence-corrected chi connectivity index (χ2v) is 4.98. The van der Waals surface area contributed by atoms with E-state index in [1.807, 2.05) is 4.57 Å². The van der Waals surface area contributed by atoms with Crippen molar-refractivity contribution in [2.24, 2.45) is 0 Å². The summed E-state index contributed by atoms with van der Waals surface area (Å²) in [7, 11) is 0. The summed E-state index contributed by atoms with van der Waals surface area (Å²) in [6, 6.07) is 4.28. The van der Waals surface area contributed by atoms with Gasteiger partial charge < -0.3 is 4.57 Å². The molecule has 1 aromatic heterocycles. The number of benzene rings is 1. The number of fused-ring (bicyclic) bond motifs is 1. The van der Waals surface area contributed by atoms with E-state index in [0.29, 0.717) is 5.56 Å². The Hall–Kier alpha value is -2.24. The van der Waals surface area contributed by atoms with E-state index in [4.69, 9.17) is 0 Å². The van der Waals surface area contributed by atoms with E-state index in [0.717, 1.165) is 37.1 Å². The van der Waals surface area contributed by atoms with E-state index in [1.54, 1.807) is 12.4 Å². The molecule has 0 bridgehead atoms. The minimum absolute atomic E-state index is 0.288. The van der Waals surface area contributed by atoms with Crippen molar-refractivity contribution in [2.75, 3.05) is 0 Å². The summed E-state index contributed by atoms with van der Waals surface area (Å²) < 4.78 is 16.0. The SMILES string of the molecule is O=[N+]([O-])c1cccc(Cn2cnc3c2CCCC3)c1F. The fraction of sp³-hybridized carbons (Fsp3) is 0.357. The molecule has 0 aliphatic heterocycles. The van der Waals surface area contributed by atoms with Gasteiger partial charge in [0, 0.05) is 17.3 Å². The largest absolute Gasteiger partial charge is 0.330 e.